The van der Waals surface area contributed by atoms with Crippen molar-refractivity contribution in [3.05, 3.63) is 10.6 Å². The van der Waals surface area contributed by atoms with Crippen molar-refractivity contribution in [3.63, 3.8) is 0 Å². The molecule has 6 heteroatoms. The molecule has 0 atom stereocenters. The standard InChI is InChI=1S/C11H17N3O2S/c1-2-3-6-16-11(15)14-5-4-8-9(7-14)17-10(12)13-8/h2-7H2,1H3,(H2,12,13). The number of nitrogen functional groups attached to an aromatic ring is 1. The van der Waals surface area contributed by atoms with E-state index in [-0.39, 0.29) is 6.09 Å². The normalized spacial score (nSPS) is 14.5. The van der Waals surface area contributed by atoms with E-state index in [0.717, 1.165) is 29.8 Å². The molecule has 17 heavy (non-hydrogen) atoms. The Morgan fingerprint density at radius 1 is 1.65 bits per heavy atom. The van der Waals surface area contributed by atoms with Crippen LogP contribution in [0.2, 0.25) is 0 Å². The molecule has 5 nitrogen and oxygen atoms in total. The number of hydrogen-bond acceptors (Lipinski definition) is 5. The van der Waals surface area contributed by atoms with Gasteiger partial charge in [-0.2, -0.15) is 0 Å². The molecule has 1 aromatic heterocycles. The number of hydrogen-bond donors (Lipinski definition) is 1. The Bertz CT molecular complexity index is 405. The van der Waals surface area contributed by atoms with Crippen molar-refractivity contribution < 1.29 is 9.53 Å². The summed E-state index contributed by atoms with van der Waals surface area (Å²) in [5.41, 5.74) is 6.68. The predicted molar refractivity (Wildman–Crippen MR) is 66.9 cm³/mol. The van der Waals surface area contributed by atoms with Gasteiger partial charge in [-0.3, -0.25) is 0 Å². The molecule has 1 aliphatic rings. The first-order chi connectivity index (χ1) is 8.20. The molecule has 0 aromatic carbocycles. The summed E-state index contributed by atoms with van der Waals surface area (Å²) in [4.78, 5) is 18.8. The molecule has 94 valence electrons. The maximum atomic E-state index is 11.7. The molecule has 0 spiro atoms. The molecule has 2 heterocycles. The number of carbonyl (C=O) groups excluding carboxylic acids is 1. The number of amides is 1. The minimum Gasteiger partial charge on any atom is -0.449 e. The lowest BCUT2D eigenvalue weighted by molar-refractivity contribution is 0.0969. The summed E-state index contributed by atoms with van der Waals surface area (Å²) in [6.45, 7) is 3.82. The summed E-state index contributed by atoms with van der Waals surface area (Å²) in [7, 11) is 0. The SMILES string of the molecule is CCCCOC(=O)N1CCc2nc(N)sc2C1. The highest BCUT2D eigenvalue weighted by Crippen LogP contribution is 2.26. The van der Waals surface area contributed by atoms with Crippen LogP contribution in [0.5, 0.6) is 0 Å². The zero-order valence-corrected chi connectivity index (χ0v) is 10.8. The number of nitrogens with two attached hydrogens (primary N) is 1. The second-order valence-electron chi connectivity index (χ2n) is 4.06. The Labute approximate surface area is 105 Å². The first-order valence-electron chi connectivity index (χ1n) is 5.86. The second-order valence-corrected chi connectivity index (χ2v) is 5.18. The van der Waals surface area contributed by atoms with E-state index in [1.54, 1.807) is 4.90 Å². The van der Waals surface area contributed by atoms with Gasteiger partial charge in [0.2, 0.25) is 0 Å². The second kappa shape index (κ2) is 5.35. The van der Waals surface area contributed by atoms with Crippen LogP contribution in [0.15, 0.2) is 0 Å². The zero-order valence-electron chi connectivity index (χ0n) is 9.94. The molecule has 1 aliphatic heterocycles. The van der Waals surface area contributed by atoms with Crippen molar-refractivity contribution in [1.82, 2.24) is 9.88 Å². The van der Waals surface area contributed by atoms with Crippen LogP contribution in [0.1, 0.15) is 30.3 Å². The Kier molecular flexibility index (Phi) is 3.83. The summed E-state index contributed by atoms with van der Waals surface area (Å²) in [6.07, 6.45) is 2.49. The number of thiazole rings is 1. The van der Waals surface area contributed by atoms with E-state index in [1.165, 1.54) is 11.3 Å². The third kappa shape index (κ3) is 2.88. The third-order valence-corrected chi connectivity index (χ3v) is 3.64. The van der Waals surface area contributed by atoms with Crippen molar-refractivity contribution in [2.24, 2.45) is 0 Å². The lowest BCUT2D eigenvalue weighted by atomic mass is 10.2. The molecule has 1 amide bonds. The van der Waals surface area contributed by atoms with Gasteiger partial charge in [0.1, 0.15) is 0 Å². The van der Waals surface area contributed by atoms with Crippen LogP contribution >= 0.6 is 11.3 Å². The number of fused-ring (bicyclic) bond motifs is 1. The molecule has 0 radical (unpaired) electrons. The Balaban J connectivity index is 1.90. The van der Waals surface area contributed by atoms with Gasteiger partial charge in [0.25, 0.3) is 0 Å². The van der Waals surface area contributed by atoms with Crippen molar-refractivity contribution in [3.8, 4) is 0 Å². The molecular weight excluding hydrogens is 238 g/mol. The molecule has 0 bridgehead atoms. The molecule has 0 aliphatic carbocycles. The lowest BCUT2D eigenvalue weighted by Crippen LogP contribution is -2.36. The largest absolute Gasteiger partial charge is 0.449 e. The number of ether oxygens (including phenoxy) is 1. The van der Waals surface area contributed by atoms with Crippen molar-refractivity contribution in [1.29, 1.82) is 0 Å². The van der Waals surface area contributed by atoms with Gasteiger partial charge in [-0.15, -0.1) is 11.3 Å². The van der Waals surface area contributed by atoms with Gasteiger partial charge in [-0.1, -0.05) is 13.3 Å². The number of carbonyl (C=O) groups is 1. The van der Waals surface area contributed by atoms with E-state index in [2.05, 4.69) is 11.9 Å². The van der Waals surface area contributed by atoms with Crippen LogP contribution in [0.4, 0.5) is 9.93 Å². The summed E-state index contributed by atoms with van der Waals surface area (Å²) in [5, 5.41) is 0.580. The fraction of sp³-hybridized carbons (Fsp3) is 0.636. The van der Waals surface area contributed by atoms with Gasteiger partial charge in [-0.25, -0.2) is 9.78 Å². The van der Waals surface area contributed by atoms with Crippen LogP contribution in [0.25, 0.3) is 0 Å². The van der Waals surface area contributed by atoms with E-state index < -0.39 is 0 Å². The fourth-order valence-corrected chi connectivity index (χ4v) is 2.66. The summed E-state index contributed by atoms with van der Waals surface area (Å²) < 4.78 is 5.18. The maximum absolute atomic E-state index is 11.7. The average molecular weight is 255 g/mol. The number of aromatic nitrogens is 1. The highest BCUT2D eigenvalue weighted by molar-refractivity contribution is 7.15. The van der Waals surface area contributed by atoms with Gasteiger partial charge in [0.05, 0.1) is 18.8 Å². The van der Waals surface area contributed by atoms with E-state index in [4.69, 9.17) is 10.5 Å². The number of rotatable bonds is 3. The molecule has 2 rings (SSSR count). The molecule has 0 unspecified atom stereocenters. The molecule has 1 aromatic rings. The predicted octanol–water partition coefficient (Wildman–Crippen LogP) is 2.02. The summed E-state index contributed by atoms with van der Waals surface area (Å²) in [5.74, 6) is 0. The van der Waals surface area contributed by atoms with Gasteiger partial charge in [0, 0.05) is 17.8 Å². The topological polar surface area (TPSA) is 68.5 Å². The Morgan fingerprint density at radius 3 is 3.24 bits per heavy atom. The third-order valence-electron chi connectivity index (χ3n) is 2.73. The quantitative estimate of drug-likeness (QED) is 0.839. The fourth-order valence-electron chi connectivity index (χ4n) is 1.77. The zero-order chi connectivity index (χ0) is 12.3. The van der Waals surface area contributed by atoms with Crippen molar-refractivity contribution in [2.75, 3.05) is 18.9 Å². The van der Waals surface area contributed by atoms with Crippen LogP contribution < -0.4 is 5.73 Å². The number of anilines is 1. The molecule has 0 fully saturated rings. The average Bonchev–Trinajstić information content (AvgIpc) is 2.68. The molecule has 2 N–H and O–H groups in total. The van der Waals surface area contributed by atoms with Crippen molar-refractivity contribution in [2.45, 2.75) is 32.7 Å². The maximum Gasteiger partial charge on any atom is 0.410 e. The van der Waals surface area contributed by atoms with Gasteiger partial charge < -0.3 is 15.4 Å². The van der Waals surface area contributed by atoms with E-state index in [0.29, 0.717) is 24.8 Å². The first-order valence-corrected chi connectivity index (χ1v) is 6.68. The molecular formula is C11H17N3O2S. The van der Waals surface area contributed by atoms with E-state index in [1.807, 2.05) is 0 Å². The number of unbranched alkanes of at least 4 members (excludes halogenated alkanes) is 1. The highest BCUT2D eigenvalue weighted by Gasteiger charge is 2.24. The Morgan fingerprint density at radius 2 is 2.47 bits per heavy atom. The molecule has 0 saturated carbocycles. The van der Waals surface area contributed by atoms with Crippen molar-refractivity contribution >= 4 is 22.6 Å². The highest BCUT2D eigenvalue weighted by atomic mass is 32.1. The van der Waals surface area contributed by atoms with Gasteiger partial charge in [-0.05, 0) is 6.42 Å². The van der Waals surface area contributed by atoms with E-state index >= 15 is 0 Å². The lowest BCUT2D eigenvalue weighted by Gasteiger charge is -2.25. The minimum absolute atomic E-state index is 0.226. The van der Waals surface area contributed by atoms with Crippen LogP contribution in [-0.2, 0) is 17.7 Å². The smallest absolute Gasteiger partial charge is 0.410 e. The van der Waals surface area contributed by atoms with E-state index in [9.17, 15) is 4.79 Å². The van der Waals surface area contributed by atoms with Crippen LogP contribution in [-0.4, -0.2) is 29.1 Å². The van der Waals surface area contributed by atoms with Gasteiger partial charge >= 0.3 is 6.09 Å². The Hall–Kier alpha value is -1.30. The van der Waals surface area contributed by atoms with Gasteiger partial charge in [0.15, 0.2) is 5.13 Å². The van der Waals surface area contributed by atoms with Crippen LogP contribution in [0.3, 0.4) is 0 Å². The summed E-state index contributed by atoms with van der Waals surface area (Å²) in [6, 6.07) is 0. The minimum atomic E-state index is -0.226. The summed E-state index contributed by atoms with van der Waals surface area (Å²) >= 11 is 1.46. The number of nitrogens with zero attached hydrogens (tertiary/aromatic N) is 2. The molecule has 0 saturated heterocycles. The first kappa shape index (κ1) is 12.2. The monoisotopic (exact) mass is 255 g/mol. The van der Waals surface area contributed by atoms with Crippen LogP contribution in [0, 0.1) is 0 Å².